The molecule has 0 saturated carbocycles. The van der Waals surface area contributed by atoms with Gasteiger partial charge in [0.05, 0.1) is 7.11 Å². The minimum absolute atomic E-state index is 0.271. The van der Waals surface area contributed by atoms with Crippen LogP contribution in [-0.4, -0.2) is 7.11 Å². The fourth-order valence-corrected chi connectivity index (χ4v) is 2.61. The molecule has 2 aromatic rings. The smallest absolute Gasteiger partial charge is 0.119 e. The van der Waals surface area contributed by atoms with E-state index in [0.29, 0.717) is 12.0 Å². The third kappa shape index (κ3) is 4.08. The van der Waals surface area contributed by atoms with Crippen molar-refractivity contribution in [2.45, 2.75) is 32.9 Å². The molecule has 2 nitrogen and oxygen atoms in total. The standard InChI is InChI=1S/C19H25NO/c1-14(2)19(16-9-6-5-7-10-16)20-15(3)17-11-8-12-18(13-17)21-4/h5-15,19-20H,1-4H3/t15-,19?/m0/s1. The molecule has 2 heteroatoms. The van der Waals surface area contributed by atoms with E-state index in [1.165, 1.54) is 11.1 Å². The average Bonchev–Trinajstić information content (AvgIpc) is 2.53. The lowest BCUT2D eigenvalue weighted by Crippen LogP contribution is -2.28. The Morgan fingerprint density at radius 3 is 2.14 bits per heavy atom. The first-order valence-electron chi connectivity index (χ1n) is 7.56. The number of methoxy groups -OCH3 is 1. The zero-order valence-electron chi connectivity index (χ0n) is 13.3. The molecule has 0 aliphatic heterocycles. The summed E-state index contributed by atoms with van der Waals surface area (Å²) in [7, 11) is 1.71. The van der Waals surface area contributed by atoms with Gasteiger partial charge >= 0.3 is 0 Å². The summed E-state index contributed by atoms with van der Waals surface area (Å²) in [5, 5.41) is 3.74. The van der Waals surface area contributed by atoms with E-state index in [2.05, 4.69) is 68.6 Å². The van der Waals surface area contributed by atoms with Crippen molar-refractivity contribution in [3.8, 4) is 5.75 Å². The van der Waals surface area contributed by atoms with E-state index < -0.39 is 0 Å². The fraction of sp³-hybridized carbons (Fsp3) is 0.368. The molecule has 2 rings (SSSR count). The van der Waals surface area contributed by atoms with Gasteiger partial charge in [0.2, 0.25) is 0 Å². The van der Waals surface area contributed by atoms with Gasteiger partial charge in [0, 0.05) is 12.1 Å². The van der Waals surface area contributed by atoms with Crippen LogP contribution in [0.3, 0.4) is 0 Å². The average molecular weight is 283 g/mol. The molecule has 0 aromatic heterocycles. The van der Waals surface area contributed by atoms with Crippen molar-refractivity contribution in [2.75, 3.05) is 7.11 Å². The number of hydrogen-bond donors (Lipinski definition) is 1. The van der Waals surface area contributed by atoms with Gasteiger partial charge in [-0.3, -0.25) is 0 Å². The molecule has 112 valence electrons. The molecular formula is C19H25NO. The SMILES string of the molecule is COc1cccc([C@H](C)NC(c2ccccc2)C(C)C)c1. The molecule has 0 spiro atoms. The lowest BCUT2D eigenvalue weighted by Gasteiger charge is -2.27. The van der Waals surface area contributed by atoms with Crippen LogP contribution in [0.1, 0.15) is 44.0 Å². The molecule has 0 amide bonds. The number of ether oxygens (including phenoxy) is 1. The lowest BCUT2D eigenvalue weighted by atomic mass is 9.94. The van der Waals surface area contributed by atoms with Crippen molar-refractivity contribution in [2.24, 2.45) is 5.92 Å². The van der Waals surface area contributed by atoms with Gasteiger partial charge in [0.25, 0.3) is 0 Å². The van der Waals surface area contributed by atoms with Gasteiger partial charge < -0.3 is 10.1 Å². The summed E-state index contributed by atoms with van der Waals surface area (Å²) < 4.78 is 5.31. The van der Waals surface area contributed by atoms with Gasteiger partial charge in [0.1, 0.15) is 5.75 Å². The van der Waals surface area contributed by atoms with E-state index in [4.69, 9.17) is 4.74 Å². The van der Waals surface area contributed by atoms with E-state index in [9.17, 15) is 0 Å². The van der Waals surface area contributed by atoms with Crippen LogP contribution in [0.15, 0.2) is 54.6 Å². The lowest BCUT2D eigenvalue weighted by molar-refractivity contribution is 0.372. The minimum Gasteiger partial charge on any atom is -0.497 e. The molecule has 0 saturated heterocycles. The van der Waals surface area contributed by atoms with Crippen molar-refractivity contribution in [1.82, 2.24) is 5.32 Å². The van der Waals surface area contributed by atoms with Crippen molar-refractivity contribution in [3.05, 3.63) is 65.7 Å². The Morgan fingerprint density at radius 2 is 1.52 bits per heavy atom. The van der Waals surface area contributed by atoms with E-state index in [1.54, 1.807) is 7.11 Å². The maximum absolute atomic E-state index is 5.31. The fourth-order valence-electron chi connectivity index (χ4n) is 2.61. The maximum atomic E-state index is 5.31. The molecule has 21 heavy (non-hydrogen) atoms. The van der Waals surface area contributed by atoms with Crippen LogP contribution in [0.2, 0.25) is 0 Å². The molecule has 1 unspecified atom stereocenters. The van der Waals surface area contributed by atoms with E-state index >= 15 is 0 Å². The van der Waals surface area contributed by atoms with Gasteiger partial charge in [-0.25, -0.2) is 0 Å². The highest BCUT2D eigenvalue weighted by Gasteiger charge is 2.18. The highest BCUT2D eigenvalue weighted by Crippen LogP contribution is 2.26. The van der Waals surface area contributed by atoms with Gasteiger partial charge in [-0.1, -0.05) is 56.3 Å². The van der Waals surface area contributed by atoms with Crippen LogP contribution >= 0.6 is 0 Å². The first-order valence-corrected chi connectivity index (χ1v) is 7.56. The van der Waals surface area contributed by atoms with Gasteiger partial charge in [-0.05, 0) is 36.1 Å². The molecule has 0 heterocycles. The van der Waals surface area contributed by atoms with Crippen LogP contribution < -0.4 is 10.1 Å². The summed E-state index contributed by atoms with van der Waals surface area (Å²) in [5.74, 6) is 1.43. The van der Waals surface area contributed by atoms with Crippen molar-refractivity contribution >= 4 is 0 Å². The molecule has 0 radical (unpaired) electrons. The predicted octanol–water partition coefficient (Wildman–Crippen LogP) is 4.74. The first kappa shape index (κ1) is 15.6. The summed E-state index contributed by atoms with van der Waals surface area (Å²) in [6.07, 6.45) is 0. The van der Waals surface area contributed by atoms with Crippen LogP contribution in [0.4, 0.5) is 0 Å². The van der Waals surface area contributed by atoms with E-state index in [1.807, 2.05) is 12.1 Å². The quantitative estimate of drug-likeness (QED) is 0.826. The molecule has 0 bridgehead atoms. The second kappa shape index (κ2) is 7.28. The normalized spacial score (nSPS) is 14.0. The molecule has 0 aliphatic carbocycles. The third-order valence-electron chi connectivity index (χ3n) is 3.85. The van der Waals surface area contributed by atoms with Crippen molar-refractivity contribution in [1.29, 1.82) is 0 Å². The Hall–Kier alpha value is -1.80. The molecule has 0 fully saturated rings. The van der Waals surface area contributed by atoms with Gasteiger partial charge in [-0.15, -0.1) is 0 Å². The third-order valence-corrected chi connectivity index (χ3v) is 3.85. The minimum atomic E-state index is 0.271. The Balaban J connectivity index is 2.16. The van der Waals surface area contributed by atoms with Crippen molar-refractivity contribution in [3.63, 3.8) is 0 Å². The Morgan fingerprint density at radius 1 is 0.857 bits per heavy atom. The summed E-state index contributed by atoms with van der Waals surface area (Å²) in [6, 6.07) is 19.5. The highest BCUT2D eigenvalue weighted by molar-refractivity contribution is 5.30. The van der Waals surface area contributed by atoms with Crippen LogP contribution in [0.5, 0.6) is 5.75 Å². The number of nitrogens with one attached hydrogen (secondary N) is 1. The van der Waals surface area contributed by atoms with Crippen LogP contribution in [-0.2, 0) is 0 Å². The Kier molecular flexibility index (Phi) is 5.40. The van der Waals surface area contributed by atoms with E-state index in [-0.39, 0.29) is 6.04 Å². The number of benzene rings is 2. The first-order chi connectivity index (χ1) is 10.1. The zero-order valence-corrected chi connectivity index (χ0v) is 13.3. The Labute approximate surface area is 128 Å². The van der Waals surface area contributed by atoms with Gasteiger partial charge in [0.15, 0.2) is 0 Å². The Bertz CT molecular complexity index is 551. The van der Waals surface area contributed by atoms with Crippen LogP contribution in [0, 0.1) is 5.92 Å². The molecule has 2 atom stereocenters. The van der Waals surface area contributed by atoms with Gasteiger partial charge in [-0.2, -0.15) is 0 Å². The second-order valence-electron chi connectivity index (χ2n) is 5.80. The highest BCUT2D eigenvalue weighted by atomic mass is 16.5. The number of rotatable bonds is 6. The molecule has 2 aromatic carbocycles. The second-order valence-corrected chi connectivity index (χ2v) is 5.80. The summed E-state index contributed by atoms with van der Waals surface area (Å²) in [4.78, 5) is 0. The predicted molar refractivity (Wildman–Crippen MR) is 88.6 cm³/mol. The maximum Gasteiger partial charge on any atom is 0.119 e. The van der Waals surface area contributed by atoms with Crippen LogP contribution in [0.25, 0.3) is 0 Å². The number of hydrogen-bond acceptors (Lipinski definition) is 2. The summed E-state index contributed by atoms with van der Waals surface area (Å²) >= 11 is 0. The summed E-state index contributed by atoms with van der Waals surface area (Å²) in [5.41, 5.74) is 2.58. The van der Waals surface area contributed by atoms with Crippen molar-refractivity contribution < 1.29 is 4.74 Å². The monoisotopic (exact) mass is 283 g/mol. The summed E-state index contributed by atoms with van der Waals surface area (Å²) in [6.45, 7) is 6.71. The largest absolute Gasteiger partial charge is 0.497 e. The molecule has 0 aliphatic rings. The topological polar surface area (TPSA) is 21.3 Å². The van der Waals surface area contributed by atoms with E-state index in [0.717, 1.165) is 5.75 Å². The zero-order chi connectivity index (χ0) is 15.2. The molecular weight excluding hydrogens is 258 g/mol. The molecule has 1 N–H and O–H groups in total.